The molecule has 0 aliphatic carbocycles. The minimum absolute atomic E-state index is 0.114. The maximum absolute atomic E-state index is 12.6. The third-order valence-electron chi connectivity index (χ3n) is 5.12. The number of likely N-dealkylation sites (tertiary alicyclic amines) is 1. The lowest BCUT2D eigenvalue weighted by Crippen LogP contribution is -2.29. The van der Waals surface area contributed by atoms with Crippen LogP contribution in [0.5, 0.6) is 0 Å². The average molecular weight is 441 g/mol. The number of esters is 1. The van der Waals surface area contributed by atoms with E-state index in [1.165, 1.54) is 18.1 Å². The molecule has 3 heterocycles. The van der Waals surface area contributed by atoms with Gasteiger partial charge < -0.3 is 19.9 Å². The average Bonchev–Trinajstić information content (AvgIpc) is 3.46. The maximum Gasteiger partial charge on any atom is 0.339 e. The van der Waals surface area contributed by atoms with Gasteiger partial charge in [-0.3, -0.25) is 4.79 Å². The van der Waals surface area contributed by atoms with Crippen LogP contribution in [0.15, 0.2) is 41.8 Å². The number of fused-ring (bicyclic) bond motifs is 1. The third-order valence-corrected chi connectivity index (χ3v) is 6.18. The molecule has 0 spiro atoms. The van der Waals surface area contributed by atoms with Gasteiger partial charge in [0.1, 0.15) is 11.8 Å². The molecule has 4 rings (SSSR count). The summed E-state index contributed by atoms with van der Waals surface area (Å²) in [5.41, 5.74) is 7.50. The van der Waals surface area contributed by atoms with E-state index in [1.54, 1.807) is 18.5 Å². The number of hydrogen-bond donors (Lipinski definition) is 1. The lowest BCUT2D eigenvalue weighted by molar-refractivity contribution is -0.127. The van der Waals surface area contributed by atoms with E-state index < -0.39 is 5.97 Å². The van der Waals surface area contributed by atoms with Gasteiger partial charge >= 0.3 is 5.97 Å². The smallest absolute Gasteiger partial charge is 0.339 e. The minimum atomic E-state index is -0.390. The molecule has 1 aliphatic rings. The first-order valence-corrected chi connectivity index (χ1v) is 11.2. The zero-order valence-corrected chi connectivity index (χ0v) is 17.9. The molecule has 0 saturated carbocycles. The van der Waals surface area contributed by atoms with Crippen LogP contribution >= 0.6 is 11.8 Å². The van der Waals surface area contributed by atoms with Crippen molar-refractivity contribution in [3.8, 4) is 0 Å². The molecule has 1 aromatic carbocycles. The van der Waals surface area contributed by atoms with E-state index in [0.717, 1.165) is 30.8 Å². The highest BCUT2D eigenvalue weighted by Gasteiger charge is 2.19. The fourth-order valence-corrected chi connectivity index (χ4v) is 4.44. The van der Waals surface area contributed by atoms with Gasteiger partial charge in [0.25, 0.3) is 0 Å². The number of carbonyl (C=O) groups is 2. The Bertz CT molecular complexity index is 1080. The van der Waals surface area contributed by atoms with Crippen LogP contribution in [-0.4, -0.2) is 61.7 Å². The highest BCUT2D eigenvalue weighted by molar-refractivity contribution is 8.00. The molecule has 0 atom stereocenters. The molecule has 2 aromatic heterocycles. The molecule has 1 aliphatic heterocycles. The van der Waals surface area contributed by atoms with Crippen LogP contribution in [-0.2, 0) is 16.1 Å². The van der Waals surface area contributed by atoms with E-state index in [1.807, 2.05) is 21.6 Å². The largest absolute Gasteiger partial charge is 0.462 e. The Morgan fingerprint density at radius 3 is 2.77 bits per heavy atom. The Kier molecular flexibility index (Phi) is 6.66. The van der Waals surface area contributed by atoms with Crippen LogP contribution in [0.4, 0.5) is 5.82 Å². The number of aromatic nitrogens is 4. The van der Waals surface area contributed by atoms with Gasteiger partial charge in [-0.05, 0) is 31.4 Å². The Hall–Kier alpha value is -3.14. The van der Waals surface area contributed by atoms with Gasteiger partial charge in [-0.25, -0.2) is 19.7 Å². The second-order valence-corrected chi connectivity index (χ2v) is 8.25. The summed E-state index contributed by atoms with van der Waals surface area (Å²) in [5.74, 6) is 0.386. The number of carbonyl (C=O) groups excluding carboxylic acids is 2. The van der Waals surface area contributed by atoms with Crippen LogP contribution in [0, 0.1) is 0 Å². The number of nitrogens with two attached hydrogens (primary N) is 1. The minimum Gasteiger partial charge on any atom is -0.462 e. The number of aryl methyl sites for hydroxylation is 1. The lowest BCUT2D eigenvalue weighted by Gasteiger charge is -2.15. The van der Waals surface area contributed by atoms with Crippen molar-refractivity contribution >= 4 is 40.6 Å². The SMILES string of the molecule is Nc1ncnc2c1ncn2CCCOC(=O)c1ccccc1SCC(=O)N1CCCC1. The number of imidazole rings is 1. The quantitative estimate of drug-likeness (QED) is 0.322. The zero-order chi connectivity index (χ0) is 21.6. The van der Waals surface area contributed by atoms with Gasteiger partial charge in [0, 0.05) is 24.5 Å². The molecule has 0 radical (unpaired) electrons. The number of amides is 1. The number of thioether (sulfide) groups is 1. The third kappa shape index (κ3) is 4.96. The van der Waals surface area contributed by atoms with E-state index in [9.17, 15) is 9.59 Å². The number of nitrogen functional groups attached to an aromatic ring is 1. The van der Waals surface area contributed by atoms with E-state index in [-0.39, 0.29) is 12.5 Å². The summed E-state index contributed by atoms with van der Waals surface area (Å²) in [5, 5.41) is 0. The second-order valence-electron chi connectivity index (χ2n) is 7.23. The van der Waals surface area contributed by atoms with E-state index >= 15 is 0 Å². The Morgan fingerprint density at radius 1 is 1.13 bits per heavy atom. The molecule has 2 N–H and O–H groups in total. The fourth-order valence-electron chi connectivity index (χ4n) is 3.50. The summed E-state index contributed by atoms with van der Waals surface area (Å²) in [7, 11) is 0. The Balaban J connectivity index is 1.29. The summed E-state index contributed by atoms with van der Waals surface area (Å²) in [6.45, 7) is 2.49. The Morgan fingerprint density at radius 2 is 1.94 bits per heavy atom. The molecule has 3 aromatic rings. The van der Waals surface area contributed by atoms with Crippen molar-refractivity contribution in [3.05, 3.63) is 42.5 Å². The Labute approximate surface area is 184 Å². The van der Waals surface area contributed by atoms with Gasteiger partial charge in [0.15, 0.2) is 11.5 Å². The molecular formula is C21H24N6O3S. The first-order chi connectivity index (χ1) is 15.1. The van der Waals surface area contributed by atoms with Crippen molar-refractivity contribution < 1.29 is 14.3 Å². The van der Waals surface area contributed by atoms with E-state index in [0.29, 0.717) is 41.3 Å². The van der Waals surface area contributed by atoms with Crippen LogP contribution in [0.3, 0.4) is 0 Å². The van der Waals surface area contributed by atoms with Crippen LogP contribution in [0.1, 0.15) is 29.6 Å². The van der Waals surface area contributed by atoms with Gasteiger partial charge in [0.2, 0.25) is 5.91 Å². The van der Waals surface area contributed by atoms with Crippen LogP contribution in [0.2, 0.25) is 0 Å². The second kappa shape index (κ2) is 9.78. The molecule has 0 unspecified atom stereocenters. The summed E-state index contributed by atoms with van der Waals surface area (Å²) < 4.78 is 7.33. The van der Waals surface area contributed by atoms with Crippen molar-refractivity contribution in [2.24, 2.45) is 0 Å². The molecule has 10 heteroatoms. The number of hydrogen-bond acceptors (Lipinski definition) is 8. The molecule has 1 fully saturated rings. The van der Waals surface area contributed by atoms with Gasteiger partial charge in [-0.2, -0.15) is 0 Å². The van der Waals surface area contributed by atoms with Crippen molar-refractivity contribution in [2.45, 2.75) is 30.7 Å². The monoisotopic (exact) mass is 440 g/mol. The maximum atomic E-state index is 12.6. The predicted molar refractivity (Wildman–Crippen MR) is 118 cm³/mol. The van der Waals surface area contributed by atoms with E-state index in [2.05, 4.69) is 15.0 Å². The highest BCUT2D eigenvalue weighted by atomic mass is 32.2. The topological polar surface area (TPSA) is 116 Å². The summed E-state index contributed by atoms with van der Waals surface area (Å²) in [6, 6.07) is 7.23. The lowest BCUT2D eigenvalue weighted by atomic mass is 10.2. The van der Waals surface area contributed by atoms with Gasteiger partial charge in [0.05, 0.1) is 24.3 Å². The molecule has 1 saturated heterocycles. The van der Waals surface area contributed by atoms with Crippen LogP contribution < -0.4 is 5.73 Å². The molecule has 1 amide bonds. The summed E-state index contributed by atoms with van der Waals surface area (Å²) in [4.78, 5) is 39.9. The van der Waals surface area contributed by atoms with Gasteiger partial charge in [-0.15, -0.1) is 11.8 Å². The number of anilines is 1. The standard InChI is InChI=1S/C21H24N6O3S/c22-19-18-20(24-13-23-19)27(14-25-18)10-5-11-30-21(29)15-6-1-2-7-16(15)31-12-17(28)26-8-3-4-9-26/h1-2,6-7,13-14H,3-5,8-12H2,(H2,22,23,24). The van der Waals surface area contributed by atoms with Crippen LogP contribution in [0.25, 0.3) is 11.2 Å². The van der Waals surface area contributed by atoms with Crippen molar-refractivity contribution in [1.82, 2.24) is 24.4 Å². The number of benzene rings is 1. The number of rotatable bonds is 8. The predicted octanol–water partition coefficient (Wildman–Crippen LogP) is 2.37. The van der Waals surface area contributed by atoms with Gasteiger partial charge in [-0.1, -0.05) is 12.1 Å². The number of ether oxygens (including phenoxy) is 1. The van der Waals surface area contributed by atoms with Crippen molar-refractivity contribution in [2.75, 3.05) is 31.2 Å². The first-order valence-electron chi connectivity index (χ1n) is 10.2. The van der Waals surface area contributed by atoms with Crippen molar-refractivity contribution in [3.63, 3.8) is 0 Å². The molecule has 31 heavy (non-hydrogen) atoms. The molecule has 0 bridgehead atoms. The number of nitrogens with zero attached hydrogens (tertiary/aromatic N) is 5. The van der Waals surface area contributed by atoms with E-state index in [4.69, 9.17) is 10.5 Å². The summed E-state index contributed by atoms with van der Waals surface area (Å²) in [6.07, 6.45) is 5.78. The molecule has 9 nitrogen and oxygen atoms in total. The molecular weight excluding hydrogens is 416 g/mol. The zero-order valence-electron chi connectivity index (χ0n) is 17.1. The first kappa shape index (κ1) is 21.1. The normalized spacial score (nSPS) is 13.6. The molecule has 162 valence electrons. The summed E-state index contributed by atoms with van der Waals surface area (Å²) >= 11 is 1.38. The highest BCUT2D eigenvalue weighted by Crippen LogP contribution is 2.24. The van der Waals surface area contributed by atoms with Crippen molar-refractivity contribution in [1.29, 1.82) is 0 Å². The fraction of sp³-hybridized carbons (Fsp3) is 0.381.